The Morgan fingerprint density at radius 2 is 1.81 bits per heavy atom. The van der Waals surface area contributed by atoms with Crippen molar-refractivity contribution in [3.63, 3.8) is 0 Å². The number of pyridine rings is 1. The number of methoxy groups -OCH3 is 1. The van der Waals surface area contributed by atoms with Crippen LogP contribution in [0.4, 0.5) is 13.2 Å². The Morgan fingerprint density at radius 1 is 1.03 bits per heavy atom. The molecule has 32 heavy (non-hydrogen) atoms. The van der Waals surface area contributed by atoms with E-state index in [2.05, 4.69) is 20.5 Å². The average Bonchev–Trinajstić information content (AvgIpc) is 3.38. The van der Waals surface area contributed by atoms with E-state index in [4.69, 9.17) is 9.47 Å². The summed E-state index contributed by atoms with van der Waals surface area (Å²) in [6.45, 7) is 0.0542. The third-order valence-electron chi connectivity index (χ3n) is 4.45. The van der Waals surface area contributed by atoms with Crippen LogP contribution in [0.5, 0.6) is 11.8 Å². The van der Waals surface area contributed by atoms with Crippen LogP contribution < -0.4 is 15.2 Å². The Hall–Kier alpha value is -4.16. The van der Waals surface area contributed by atoms with Gasteiger partial charge in [-0.3, -0.25) is 0 Å². The zero-order chi connectivity index (χ0) is 22.9. The van der Waals surface area contributed by atoms with Crippen molar-refractivity contribution in [2.24, 2.45) is 7.05 Å². The number of hydrogen-bond acceptors (Lipinski definition) is 7. The smallest absolute Gasteiger partial charge is 0.433 e. The fourth-order valence-electron chi connectivity index (χ4n) is 2.89. The van der Waals surface area contributed by atoms with Crippen molar-refractivity contribution in [3.8, 4) is 23.1 Å². The maximum atomic E-state index is 12.9. The van der Waals surface area contributed by atoms with Crippen LogP contribution >= 0.6 is 0 Å². The Balaban J connectivity index is 1.56. The van der Waals surface area contributed by atoms with E-state index in [0.29, 0.717) is 11.3 Å². The van der Waals surface area contributed by atoms with Crippen LogP contribution in [0.2, 0.25) is 0 Å². The zero-order valence-electron chi connectivity index (χ0n) is 16.8. The third kappa shape index (κ3) is 4.04. The van der Waals surface area contributed by atoms with Crippen molar-refractivity contribution in [2.75, 3.05) is 7.11 Å². The van der Waals surface area contributed by atoms with Crippen LogP contribution in [0.25, 0.3) is 11.4 Å². The zero-order valence-corrected chi connectivity index (χ0v) is 16.8. The molecule has 0 bridgehead atoms. The van der Waals surface area contributed by atoms with E-state index in [-0.39, 0.29) is 24.1 Å². The van der Waals surface area contributed by atoms with E-state index in [1.54, 1.807) is 24.3 Å². The van der Waals surface area contributed by atoms with Gasteiger partial charge >= 0.3 is 11.9 Å². The Kier molecular flexibility index (Phi) is 5.38. The molecule has 13 heteroatoms. The lowest BCUT2D eigenvalue weighted by atomic mass is 10.2. The molecule has 166 valence electrons. The van der Waals surface area contributed by atoms with Gasteiger partial charge in [0, 0.05) is 24.9 Å². The Labute approximate surface area is 178 Å². The first-order valence-electron chi connectivity index (χ1n) is 9.16. The molecule has 10 nitrogen and oxygen atoms in total. The first-order valence-corrected chi connectivity index (χ1v) is 9.16. The highest BCUT2D eigenvalue weighted by atomic mass is 19.4. The molecule has 0 amide bonds. The van der Waals surface area contributed by atoms with Crippen molar-refractivity contribution in [2.45, 2.75) is 12.8 Å². The number of nitrogens with zero attached hydrogens (tertiary/aromatic N) is 7. The highest BCUT2D eigenvalue weighted by molar-refractivity contribution is 5.43. The Morgan fingerprint density at radius 3 is 2.50 bits per heavy atom. The molecular weight excluding hydrogens is 431 g/mol. The molecule has 0 aliphatic heterocycles. The Bertz CT molecular complexity index is 1310. The second kappa shape index (κ2) is 8.17. The van der Waals surface area contributed by atoms with Crippen molar-refractivity contribution < 1.29 is 22.6 Å². The summed E-state index contributed by atoms with van der Waals surface area (Å²) in [4.78, 5) is 15.7. The number of ether oxygens (including phenoxy) is 2. The highest BCUT2D eigenvalue weighted by Gasteiger charge is 2.33. The summed E-state index contributed by atoms with van der Waals surface area (Å²) in [6, 6.07) is 10.6. The number of benzene rings is 1. The van der Waals surface area contributed by atoms with Gasteiger partial charge in [-0.05, 0) is 28.6 Å². The van der Waals surface area contributed by atoms with Gasteiger partial charge in [0.2, 0.25) is 11.8 Å². The molecule has 0 saturated heterocycles. The van der Waals surface area contributed by atoms with Gasteiger partial charge in [0.15, 0.2) is 0 Å². The molecular formula is C19H16F3N7O3. The third-order valence-corrected chi connectivity index (χ3v) is 4.45. The number of para-hydroxylation sites is 1. The number of rotatable bonds is 6. The number of aromatic nitrogens is 7. The number of tetrazole rings is 1. The van der Waals surface area contributed by atoms with E-state index in [1.165, 1.54) is 37.2 Å². The molecule has 0 N–H and O–H groups in total. The van der Waals surface area contributed by atoms with Gasteiger partial charge in [0.1, 0.15) is 18.0 Å². The summed E-state index contributed by atoms with van der Waals surface area (Å²) in [5.41, 5.74) is -0.125. The van der Waals surface area contributed by atoms with Gasteiger partial charge in [-0.25, -0.2) is 14.5 Å². The first kappa shape index (κ1) is 21.1. The molecule has 3 heterocycles. The number of aryl methyl sites for hydroxylation is 1. The monoisotopic (exact) mass is 447 g/mol. The molecule has 0 aliphatic rings. The topological polar surface area (TPSA) is 102 Å². The van der Waals surface area contributed by atoms with Crippen LogP contribution in [-0.2, 0) is 19.8 Å². The predicted molar refractivity (Wildman–Crippen MR) is 104 cm³/mol. The molecule has 0 aliphatic carbocycles. The molecule has 4 aromatic rings. The van der Waals surface area contributed by atoms with Gasteiger partial charge in [0.05, 0.1) is 12.8 Å². The number of hydrogen-bond donors (Lipinski definition) is 0. The lowest BCUT2D eigenvalue weighted by Gasteiger charge is -2.11. The van der Waals surface area contributed by atoms with E-state index in [0.717, 1.165) is 15.4 Å². The van der Waals surface area contributed by atoms with Gasteiger partial charge in [-0.2, -0.15) is 22.5 Å². The summed E-state index contributed by atoms with van der Waals surface area (Å²) in [5, 5.41) is 11.7. The van der Waals surface area contributed by atoms with Gasteiger partial charge in [-0.1, -0.05) is 18.2 Å². The normalized spacial score (nSPS) is 11.5. The summed E-state index contributed by atoms with van der Waals surface area (Å²) in [5.74, 6) is -0.0323. The predicted octanol–water partition coefficient (Wildman–Crippen LogP) is 2.15. The summed E-state index contributed by atoms with van der Waals surface area (Å²) >= 11 is 0. The van der Waals surface area contributed by atoms with Crippen LogP contribution in [0, 0.1) is 0 Å². The van der Waals surface area contributed by atoms with Crippen LogP contribution in [0.3, 0.4) is 0 Å². The molecule has 4 rings (SSSR count). The van der Waals surface area contributed by atoms with Crippen LogP contribution in [0.1, 0.15) is 11.3 Å². The molecule has 0 unspecified atom stereocenters. The molecule has 1 aromatic carbocycles. The highest BCUT2D eigenvalue weighted by Crippen LogP contribution is 2.31. The lowest BCUT2D eigenvalue weighted by molar-refractivity contribution is -0.141. The van der Waals surface area contributed by atoms with E-state index in [9.17, 15) is 18.0 Å². The molecule has 0 radical (unpaired) electrons. The standard InChI is InChI=1S/C19H16F3N7O3/c1-27-18(30)29(26-25-27)13-6-4-3-5-12(13)11-32-16-9-10-28(24-16)14-7-8-15(19(20,21)22)23-17(14)31-2/h3-10H,11H2,1-2H3. The largest absolute Gasteiger partial charge is 0.479 e. The van der Waals surface area contributed by atoms with Crippen LogP contribution in [0.15, 0.2) is 53.5 Å². The van der Waals surface area contributed by atoms with E-state index >= 15 is 0 Å². The molecule has 0 spiro atoms. The van der Waals surface area contributed by atoms with Gasteiger partial charge < -0.3 is 9.47 Å². The molecule has 0 fully saturated rings. The van der Waals surface area contributed by atoms with Crippen molar-refractivity contribution in [1.82, 2.24) is 34.6 Å². The van der Waals surface area contributed by atoms with Crippen LogP contribution in [-0.4, -0.2) is 41.7 Å². The number of halogens is 3. The van der Waals surface area contributed by atoms with E-state index < -0.39 is 17.6 Å². The summed E-state index contributed by atoms with van der Waals surface area (Å²) < 4.78 is 52.9. The number of alkyl halides is 3. The second-order valence-electron chi connectivity index (χ2n) is 6.54. The molecule has 0 saturated carbocycles. The fraction of sp³-hybridized carbons (Fsp3) is 0.211. The maximum Gasteiger partial charge on any atom is 0.433 e. The van der Waals surface area contributed by atoms with Crippen molar-refractivity contribution in [3.05, 3.63) is 70.4 Å². The van der Waals surface area contributed by atoms with Gasteiger partial charge in [0.25, 0.3) is 0 Å². The fourth-order valence-corrected chi connectivity index (χ4v) is 2.89. The van der Waals surface area contributed by atoms with Crippen molar-refractivity contribution >= 4 is 0 Å². The minimum Gasteiger partial charge on any atom is -0.479 e. The van der Waals surface area contributed by atoms with Crippen molar-refractivity contribution in [1.29, 1.82) is 0 Å². The molecule has 0 atom stereocenters. The second-order valence-corrected chi connectivity index (χ2v) is 6.54. The maximum absolute atomic E-state index is 12.9. The average molecular weight is 447 g/mol. The summed E-state index contributed by atoms with van der Waals surface area (Å²) in [7, 11) is 2.71. The lowest BCUT2D eigenvalue weighted by Crippen LogP contribution is -2.23. The quantitative estimate of drug-likeness (QED) is 0.446. The van der Waals surface area contributed by atoms with Gasteiger partial charge in [-0.15, -0.1) is 5.10 Å². The SMILES string of the molecule is COc1nc(C(F)(F)F)ccc1-n1ccc(OCc2ccccc2-n2nnn(C)c2=O)n1. The minimum atomic E-state index is -4.59. The summed E-state index contributed by atoms with van der Waals surface area (Å²) in [6.07, 6.45) is -3.09. The minimum absolute atomic E-state index is 0.0542. The first-order chi connectivity index (χ1) is 15.3. The molecule has 3 aromatic heterocycles. The van der Waals surface area contributed by atoms with E-state index in [1.807, 2.05) is 0 Å².